The number of benzene rings is 2. The first-order valence-corrected chi connectivity index (χ1v) is 7.35. The Morgan fingerprint density at radius 2 is 1.90 bits per heavy atom. The number of nitrogens with zero attached hydrogens (tertiary/aromatic N) is 1. The third kappa shape index (κ3) is 2.43. The van der Waals surface area contributed by atoms with Gasteiger partial charge in [-0.3, -0.25) is 4.79 Å². The van der Waals surface area contributed by atoms with Crippen molar-refractivity contribution in [3.05, 3.63) is 63.6 Å². The van der Waals surface area contributed by atoms with Crippen molar-refractivity contribution in [2.24, 2.45) is 0 Å². The van der Waals surface area contributed by atoms with Gasteiger partial charge in [0.15, 0.2) is 0 Å². The number of carbonyl (C=O) groups is 1. The van der Waals surface area contributed by atoms with E-state index < -0.39 is 0 Å². The summed E-state index contributed by atoms with van der Waals surface area (Å²) >= 11 is 3.35. The molecule has 0 bridgehead atoms. The molecule has 0 spiro atoms. The van der Waals surface area contributed by atoms with Gasteiger partial charge in [-0.25, -0.2) is 0 Å². The summed E-state index contributed by atoms with van der Waals surface area (Å²) in [5.74, 6) is 0.0405. The van der Waals surface area contributed by atoms with E-state index in [1.807, 2.05) is 29.2 Å². The topological polar surface area (TPSA) is 46.3 Å². The fourth-order valence-electron chi connectivity index (χ4n) is 2.53. The Morgan fingerprint density at radius 1 is 1.15 bits per heavy atom. The first kappa shape index (κ1) is 13.2. The van der Waals surface area contributed by atoms with Gasteiger partial charge in [-0.1, -0.05) is 24.3 Å². The molecule has 2 aromatic carbocycles. The molecule has 3 nitrogen and oxygen atoms in total. The molecule has 2 aromatic rings. The molecule has 0 radical (unpaired) electrons. The number of rotatable bonds is 1. The summed E-state index contributed by atoms with van der Waals surface area (Å²) in [4.78, 5) is 14.4. The van der Waals surface area contributed by atoms with Crippen LogP contribution < -0.4 is 5.73 Å². The molecule has 102 valence electrons. The lowest BCUT2D eigenvalue weighted by molar-refractivity contribution is 0.0735. The monoisotopic (exact) mass is 330 g/mol. The molecule has 1 aliphatic heterocycles. The van der Waals surface area contributed by atoms with E-state index in [1.54, 1.807) is 6.07 Å². The van der Waals surface area contributed by atoms with Gasteiger partial charge < -0.3 is 10.6 Å². The van der Waals surface area contributed by atoms with E-state index in [-0.39, 0.29) is 5.91 Å². The van der Waals surface area contributed by atoms with Crippen LogP contribution in [0.15, 0.2) is 46.9 Å². The highest BCUT2D eigenvalue weighted by molar-refractivity contribution is 9.10. The molecule has 1 heterocycles. The quantitative estimate of drug-likeness (QED) is 0.816. The van der Waals surface area contributed by atoms with Gasteiger partial charge in [0.2, 0.25) is 0 Å². The molecular formula is C16H15BrN2O. The number of carbonyl (C=O) groups excluding carboxylic acids is 1. The molecule has 0 unspecified atom stereocenters. The Labute approximate surface area is 126 Å². The minimum Gasteiger partial charge on any atom is -0.398 e. The molecule has 20 heavy (non-hydrogen) atoms. The maximum atomic E-state index is 12.5. The lowest BCUT2D eigenvalue weighted by atomic mass is 9.99. The average molecular weight is 331 g/mol. The van der Waals surface area contributed by atoms with Crippen molar-refractivity contribution in [2.75, 3.05) is 12.3 Å². The Morgan fingerprint density at radius 3 is 2.65 bits per heavy atom. The summed E-state index contributed by atoms with van der Waals surface area (Å²) in [6.07, 6.45) is 0.911. The molecule has 0 saturated heterocycles. The maximum absolute atomic E-state index is 12.5. The number of nitrogen functional groups attached to an aromatic ring is 1. The molecule has 3 rings (SSSR count). The summed E-state index contributed by atoms with van der Waals surface area (Å²) in [6.45, 7) is 1.43. The summed E-state index contributed by atoms with van der Waals surface area (Å²) in [6, 6.07) is 13.6. The SMILES string of the molecule is Nc1cc(C(=O)N2CCc3ccccc3C2)ccc1Br. The van der Waals surface area contributed by atoms with Gasteiger partial charge in [0.05, 0.1) is 0 Å². The van der Waals surface area contributed by atoms with Crippen LogP contribution in [0.25, 0.3) is 0 Å². The lowest BCUT2D eigenvalue weighted by Crippen LogP contribution is -2.35. The molecule has 0 aliphatic carbocycles. The second-order valence-corrected chi connectivity index (χ2v) is 5.84. The van der Waals surface area contributed by atoms with E-state index >= 15 is 0 Å². The second-order valence-electron chi connectivity index (χ2n) is 4.98. The van der Waals surface area contributed by atoms with Gasteiger partial charge in [-0.2, -0.15) is 0 Å². The van der Waals surface area contributed by atoms with Crippen molar-refractivity contribution in [2.45, 2.75) is 13.0 Å². The van der Waals surface area contributed by atoms with Gasteiger partial charge in [0, 0.05) is 28.8 Å². The second kappa shape index (κ2) is 5.29. The van der Waals surface area contributed by atoms with Gasteiger partial charge in [0.25, 0.3) is 5.91 Å². The third-order valence-electron chi connectivity index (χ3n) is 3.66. The summed E-state index contributed by atoms with van der Waals surface area (Å²) in [7, 11) is 0. The van der Waals surface area contributed by atoms with Crippen LogP contribution in [-0.4, -0.2) is 17.4 Å². The Balaban J connectivity index is 1.84. The zero-order valence-electron chi connectivity index (χ0n) is 11.0. The van der Waals surface area contributed by atoms with Crippen LogP contribution in [-0.2, 0) is 13.0 Å². The summed E-state index contributed by atoms with van der Waals surface area (Å²) < 4.78 is 0.818. The van der Waals surface area contributed by atoms with Crippen molar-refractivity contribution in [1.29, 1.82) is 0 Å². The van der Waals surface area contributed by atoms with Gasteiger partial charge >= 0.3 is 0 Å². The number of hydrogen-bond donors (Lipinski definition) is 1. The standard InChI is InChI=1S/C16H15BrN2O/c17-14-6-5-12(9-15(14)18)16(20)19-8-7-11-3-1-2-4-13(11)10-19/h1-6,9H,7-8,10,18H2. The van der Waals surface area contributed by atoms with Crippen molar-refractivity contribution < 1.29 is 4.79 Å². The zero-order chi connectivity index (χ0) is 14.1. The van der Waals surface area contributed by atoms with Gasteiger partial charge in [-0.05, 0) is 51.7 Å². The Bertz CT molecular complexity index is 669. The molecule has 0 atom stereocenters. The van der Waals surface area contributed by atoms with Crippen molar-refractivity contribution in [1.82, 2.24) is 4.90 Å². The zero-order valence-corrected chi connectivity index (χ0v) is 12.6. The van der Waals surface area contributed by atoms with E-state index in [4.69, 9.17) is 5.73 Å². The van der Waals surface area contributed by atoms with Crippen LogP contribution in [0.4, 0.5) is 5.69 Å². The number of halogens is 1. The first-order chi connectivity index (χ1) is 9.65. The molecule has 4 heteroatoms. The molecule has 1 amide bonds. The first-order valence-electron chi connectivity index (χ1n) is 6.56. The normalized spacial score (nSPS) is 13.9. The van der Waals surface area contributed by atoms with Crippen molar-refractivity contribution in [3.8, 4) is 0 Å². The highest BCUT2D eigenvalue weighted by atomic mass is 79.9. The lowest BCUT2D eigenvalue weighted by Gasteiger charge is -2.29. The smallest absolute Gasteiger partial charge is 0.254 e. The highest BCUT2D eigenvalue weighted by Gasteiger charge is 2.21. The van der Waals surface area contributed by atoms with E-state index in [9.17, 15) is 4.79 Å². The van der Waals surface area contributed by atoms with E-state index in [0.29, 0.717) is 17.8 Å². The number of amides is 1. The van der Waals surface area contributed by atoms with Crippen LogP contribution in [0.2, 0.25) is 0 Å². The fourth-order valence-corrected chi connectivity index (χ4v) is 2.78. The summed E-state index contributed by atoms with van der Waals surface area (Å²) in [5, 5.41) is 0. The van der Waals surface area contributed by atoms with E-state index in [2.05, 4.69) is 28.1 Å². The predicted octanol–water partition coefficient (Wildman–Crippen LogP) is 3.23. The van der Waals surface area contributed by atoms with Crippen LogP contribution in [0.5, 0.6) is 0 Å². The molecule has 1 aliphatic rings. The maximum Gasteiger partial charge on any atom is 0.254 e. The predicted molar refractivity (Wildman–Crippen MR) is 83.4 cm³/mol. The summed E-state index contributed by atoms with van der Waals surface area (Å²) in [5.41, 5.74) is 9.65. The number of anilines is 1. The minimum absolute atomic E-state index is 0.0405. The van der Waals surface area contributed by atoms with Crippen LogP contribution in [0.1, 0.15) is 21.5 Å². The fraction of sp³-hybridized carbons (Fsp3) is 0.188. The van der Waals surface area contributed by atoms with Crippen molar-refractivity contribution >= 4 is 27.5 Å². The van der Waals surface area contributed by atoms with Crippen LogP contribution >= 0.6 is 15.9 Å². The Kier molecular flexibility index (Phi) is 3.49. The van der Waals surface area contributed by atoms with E-state index in [1.165, 1.54) is 11.1 Å². The number of hydrogen-bond acceptors (Lipinski definition) is 2. The van der Waals surface area contributed by atoms with E-state index in [0.717, 1.165) is 17.4 Å². The van der Waals surface area contributed by atoms with Crippen LogP contribution in [0, 0.1) is 0 Å². The van der Waals surface area contributed by atoms with Crippen molar-refractivity contribution in [3.63, 3.8) is 0 Å². The molecule has 0 fully saturated rings. The average Bonchev–Trinajstić information content (AvgIpc) is 2.49. The molecular weight excluding hydrogens is 316 g/mol. The largest absolute Gasteiger partial charge is 0.398 e. The van der Waals surface area contributed by atoms with Crippen LogP contribution in [0.3, 0.4) is 0 Å². The van der Waals surface area contributed by atoms with Gasteiger partial charge in [-0.15, -0.1) is 0 Å². The number of nitrogens with two attached hydrogens (primary N) is 1. The minimum atomic E-state index is 0.0405. The van der Waals surface area contributed by atoms with Gasteiger partial charge in [0.1, 0.15) is 0 Å². The third-order valence-corrected chi connectivity index (χ3v) is 4.38. The number of fused-ring (bicyclic) bond motifs is 1. The highest BCUT2D eigenvalue weighted by Crippen LogP contribution is 2.24. The molecule has 0 saturated carbocycles. The molecule has 0 aromatic heterocycles. The Hall–Kier alpha value is -1.81. The molecule has 2 N–H and O–H groups in total.